The van der Waals surface area contributed by atoms with Crippen molar-refractivity contribution < 1.29 is 17.9 Å². The van der Waals surface area contributed by atoms with Gasteiger partial charge in [-0.05, 0) is 24.1 Å². The Morgan fingerprint density at radius 3 is 2.13 bits per heavy atom. The van der Waals surface area contributed by atoms with Crippen LogP contribution in [0.25, 0.3) is 0 Å². The van der Waals surface area contributed by atoms with Gasteiger partial charge in [0.1, 0.15) is 5.75 Å². The number of rotatable bonds is 2. The highest BCUT2D eigenvalue weighted by Crippen LogP contribution is 2.39. The zero-order chi connectivity index (χ0) is 11.1. The van der Waals surface area contributed by atoms with Crippen molar-refractivity contribution in [2.45, 2.75) is 24.7 Å². The lowest BCUT2D eigenvalue weighted by Crippen LogP contribution is -2.17. The van der Waals surface area contributed by atoms with Crippen LogP contribution in [0.2, 0.25) is 0 Å². The van der Waals surface area contributed by atoms with Crippen LogP contribution in [0.15, 0.2) is 24.3 Å². The molecule has 0 saturated heterocycles. The van der Waals surface area contributed by atoms with E-state index in [-0.39, 0.29) is 11.8 Å². The predicted molar refractivity (Wildman–Crippen MR) is 48.5 cm³/mol. The van der Waals surface area contributed by atoms with Crippen LogP contribution in [-0.4, -0.2) is 12.4 Å². The van der Waals surface area contributed by atoms with Crippen LogP contribution in [-0.2, 0) is 0 Å². The summed E-state index contributed by atoms with van der Waals surface area (Å²) < 4.78 is 39.3. The number of benzene rings is 1. The van der Waals surface area contributed by atoms with Crippen molar-refractivity contribution in [3.05, 3.63) is 29.8 Å². The van der Waals surface area contributed by atoms with Gasteiger partial charge in [-0.15, -0.1) is 13.2 Å². The van der Waals surface area contributed by atoms with E-state index in [0.717, 1.165) is 12.0 Å². The lowest BCUT2D eigenvalue weighted by molar-refractivity contribution is -0.274. The standard InChI is InChI=1S/C10H10F3NO/c11-10(12,13)15-7-3-1-6(2-4-7)8-5-9(8)14/h1-4,8-9H,5,14H2/t8-,9-/m0/s1. The predicted octanol–water partition coefficient (Wildman–Crippen LogP) is 2.40. The van der Waals surface area contributed by atoms with E-state index < -0.39 is 6.36 Å². The van der Waals surface area contributed by atoms with Crippen LogP contribution in [0.4, 0.5) is 13.2 Å². The van der Waals surface area contributed by atoms with Gasteiger partial charge in [-0.1, -0.05) is 12.1 Å². The van der Waals surface area contributed by atoms with Crippen molar-refractivity contribution in [1.29, 1.82) is 0 Å². The average Bonchev–Trinajstić information content (AvgIpc) is 2.81. The number of alkyl halides is 3. The summed E-state index contributed by atoms with van der Waals surface area (Å²) in [6, 6.07) is 6.03. The molecule has 5 heteroatoms. The Bertz CT molecular complexity index is 347. The summed E-state index contributed by atoms with van der Waals surface area (Å²) in [5.41, 5.74) is 6.60. The number of nitrogens with two attached hydrogens (primary N) is 1. The normalized spacial score (nSPS) is 25.1. The maximum Gasteiger partial charge on any atom is 0.573 e. The summed E-state index contributed by atoms with van der Waals surface area (Å²) >= 11 is 0. The molecule has 0 unspecified atom stereocenters. The highest BCUT2D eigenvalue weighted by Gasteiger charge is 2.35. The molecule has 1 aromatic carbocycles. The molecule has 1 aliphatic rings. The van der Waals surface area contributed by atoms with Crippen LogP contribution >= 0.6 is 0 Å². The fraction of sp³-hybridized carbons (Fsp3) is 0.400. The molecule has 1 saturated carbocycles. The number of ether oxygens (including phenoxy) is 1. The molecule has 0 aliphatic heterocycles. The Kier molecular flexibility index (Phi) is 2.34. The smallest absolute Gasteiger partial charge is 0.406 e. The minimum Gasteiger partial charge on any atom is -0.406 e. The Morgan fingerprint density at radius 1 is 1.20 bits per heavy atom. The van der Waals surface area contributed by atoms with Crippen LogP contribution in [0, 0.1) is 0 Å². The Labute approximate surface area is 84.8 Å². The second-order valence-electron chi connectivity index (χ2n) is 3.62. The van der Waals surface area contributed by atoms with E-state index in [1.165, 1.54) is 12.1 Å². The minimum atomic E-state index is -4.63. The van der Waals surface area contributed by atoms with Crippen molar-refractivity contribution in [2.75, 3.05) is 0 Å². The summed E-state index contributed by atoms with van der Waals surface area (Å²) in [6.45, 7) is 0. The largest absolute Gasteiger partial charge is 0.573 e. The molecule has 1 aromatic rings. The molecule has 0 amide bonds. The van der Waals surface area contributed by atoms with Gasteiger partial charge in [0.2, 0.25) is 0 Å². The first-order chi connectivity index (χ1) is 6.96. The number of hydrogen-bond donors (Lipinski definition) is 1. The molecule has 2 rings (SSSR count). The summed E-state index contributed by atoms with van der Waals surface area (Å²) in [6.07, 6.45) is -3.73. The van der Waals surface area contributed by atoms with E-state index in [0.29, 0.717) is 5.92 Å². The topological polar surface area (TPSA) is 35.2 Å². The molecule has 0 heterocycles. The second-order valence-corrected chi connectivity index (χ2v) is 3.62. The first-order valence-electron chi connectivity index (χ1n) is 4.57. The summed E-state index contributed by atoms with van der Waals surface area (Å²) in [5, 5.41) is 0. The van der Waals surface area contributed by atoms with Crippen LogP contribution < -0.4 is 10.5 Å². The summed E-state index contributed by atoms with van der Waals surface area (Å²) in [5.74, 6) is 0.102. The molecule has 82 valence electrons. The Balaban J connectivity index is 2.04. The lowest BCUT2D eigenvalue weighted by Gasteiger charge is -2.08. The third-order valence-electron chi connectivity index (χ3n) is 2.38. The third kappa shape index (κ3) is 2.62. The monoisotopic (exact) mass is 217 g/mol. The van der Waals surface area contributed by atoms with Gasteiger partial charge < -0.3 is 10.5 Å². The zero-order valence-corrected chi connectivity index (χ0v) is 7.79. The number of halogens is 3. The molecule has 0 spiro atoms. The van der Waals surface area contributed by atoms with Crippen LogP contribution in [0.5, 0.6) is 5.75 Å². The fourth-order valence-electron chi connectivity index (χ4n) is 1.51. The molecular weight excluding hydrogens is 207 g/mol. The second kappa shape index (κ2) is 3.41. The highest BCUT2D eigenvalue weighted by molar-refractivity contribution is 5.33. The molecule has 2 N–H and O–H groups in total. The molecule has 0 bridgehead atoms. The minimum absolute atomic E-state index is 0.152. The van der Waals surface area contributed by atoms with Gasteiger partial charge in [-0.2, -0.15) is 0 Å². The van der Waals surface area contributed by atoms with Gasteiger partial charge in [0.25, 0.3) is 0 Å². The van der Waals surface area contributed by atoms with Crippen molar-refractivity contribution >= 4 is 0 Å². The first-order valence-corrected chi connectivity index (χ1v) is 4.57. The van der Waals surface area contributed by atoms with Gasteiger partial charge in [0, 0.05) is 12.0 Å². The SMILES string of the molecule is N[C@H]1C[C@H]1c1ccc(OC(F)(F)F)cc1. The third-order valence-corrected chi connectivity index (χ3v) is 2.38. The van der Waals surface area contributed by atoms with Crippen molar-refractivity contribution in [2.24, 2.45) is 5.73 Å². The van der Waals surface area contributed by atoms with E-state index in [1.807, 2.05) is 0 Å². The summed E-state index contributed by atoms with van der Waals surface area (Å²) in [7, 11) is 0. The molecular formula is C10H10F3NO. The van der Waals surface area contributed by atoms with E-state index in [4.69, 9.17) is 5.73 Å². The molecule has 1 fully saturated rings. The van der Waals surface area contributed by atoms with Gasteiger partial charge in [0.15, 0.2) is 0 Å². The van der Waals surface area contributed by atoms with Crippen LogP contribution in [0.3, 0.4) is 0 Å². The van der Waals surface area contributed by atoms with E-state index in [9.17, 15) is 13.2 Å². The molecule has 0 aromatic heterocycles. The van der Waals surface area contributed by atoms with Gasteiger partial charge >= 0.3 is 6.36 Å². The highest BCUT2D eigenvalue weighted by atomic mass is 19.4. The average molecular weight is 217 g/mol. The number of hydrogen-bond acceptors (Lipinski definition) is 2. The summed E-state index contributed by atoms with van der Waals surface area (Å²) in [4.78, 5) is 0. The van der Waals surface area contributed by atoms with Crippen molar-refractivity contribution in [1.82, 2.24) is 0 Å². The fourth-order valence-corrected chi connectivity index (χ4v) is 1.51. The quantitative estimate of drug-likeness (QED) is 0.825. The molecule has 0 radical (unpaired) electrons. The zero-order valence-electron chi connectivity index (χ0n) is 7.79. The molecule has 15 heavy (non-hydrogen) atoms. The van der Waals surface area contributed by atoms with E-state index >= 15 is 0 Å². The Morgan fingerprint density at radius 2 is 1.73 bits per heavy atom. The van der Waals surface area contributed by atoms with E-state index in [2.05, 4.69) is 4.74 Å². The van der Waals surface area contributed by atoms with Crippen LogP contribution in [0.1, 0.15) is 17.9 Å². The maximum absolute atomic E-state index is 11.8. The maximum atomic E-state index is 11.8. The lowest BCUT2D eigenvalue weighted by atomic mass is 10.1. The van der Waals surface area contributed by atoms with Gasteiger partial charge in [-0.25, -0.2) is 0 Å². The Hall–Kier alpha value is -1.23. The van der Waals surface area contributed by atoms with Gasteiger partial charge in [-0.3, -0.25) is 0 Å². The van der Waals surface area contributed by atoms with Gasteiger partial charge in [0.05, 0.1) is 0 Å². The van der Waals surface area contributed by atoms with E-state index in [1.54, 1.807) is 12.1 Å². The van der Waals surface area contributed by atoms with Crippen molar-refractivity contribution in [3.63, 3.8) is 0 Å². The molecule has 1 aliphatic carbocycles. The van der Waals surface area contributed by atoms with Crippen molar-refractivity contribution in [3.8, 4) is 5.75 Å². The molecule has 2 nitrogen and oxygen atoms in total. The molecule has 2 atom stereocenters. The first kappa shape index (κ1) is 10.3.